The fourth-order valence-electron chi connectivity index (χ4n) is 4.32. The minimum absolute atomic E-state index is 0.0440. The Hall–Kier alpha value is -2.89. The molecule has 2 atom stereocenters. The van der Waals surface area contributed by atoms with Gasteiger partial charge >= 0.3 is 0 Å². The van der Waals surface area contributed by atoms with Gasteiger partial charge in [-0.3, -0.25) is 4.79 Å². The summed E-state index contributed by atoms with van der Waals surface area (Å²) in [6.45, 7) is -0.0440. The highest BCUT2D eigenvalue weighted by Gasteiger charge is 2.76. The van der Waals surface area contributed by atoms with Crippen molar-refractivity contribution in [3.05, 3.63) is 93.0 Å². The van der Waals surface area contributed by atoms with Gasteiger partial charge in [-0.2, -0.15) is 5.26 Å². The number of nitrogens with zero attached hydrogens (tertiary/aromatic N) is 2. The van der Waals surface area contributed by atoms with E-state index in [9.17, 15) is 18.4 Å². The molecule has 1 aliphatic rings. The third-order valence-corrected chi connectivity index (χ3v) is 7.94. The van der Waals surface area contributed by atoms with E-state index in [1.54, 1.807) is 18.2 Å². The molecule has 1 fully saturated rings. The summed E-state index contributed by atoms with van der Waals surface area (Å²) in [7, 11) is 1.29. The summed E-state index contributed by atoms with van der Waals surface area (Å²) in [6.07, 6.45) is 0.649. The van der Waals surface area contributed by atoms with Crippen LogP contribution >= 0.6 is 46.4 Å². The predicted octanol–water partition coefficient (Wildman–Crippen LogP) is 6.99. The lowest BCUT2D eigenvalue weighted by Gasteiger charge is -2.19. The van der Waals surface area contributed by atoms with Crippen LogP contribution < -0.4 is 10.2 Å². The van der Waals surface area contributed by atoms with Crippen LogP contribution in [-0.4, -0.2) is 30.1 Å². The van der Waals surface area contributed by atoms with E-state index in [1.165, 1.54) is 37.4 Å². The molecule has 3 aromatic rings. The standard InChI is InChI=1S/C26H17Cl4F2N3O2/c1-35(22-5-2-14(11-33)6-21(22)32)24(37)19-10-18(3-4-20(19)31)34-12-25(13-36)23(26(25,29)30)15-7-16(27)9-17(28)8-15/h2-10,13,23,34H,12H2,1H3. The van der Waals surface area contributed by atoms with E-state index in [0.29, 0.717) is 27.6 Å². The average molecular weight is 583 g/mol. The van der Waals surface area contributed by atoms with Crippen LogP contribution in [0.2, 0.25) is 10.0 Å². The first-order valence-corrected chi connectivity index (χ1v) is 12.3. The molecule has 1 N–H and O–H groups in total. The zero-order valence-corrected chi connectivity index (χ0v) is 22.1. The van der Waals surface area contributed by atoms with Crippen molar-refractivity contribution >= 4 is 70.0 Å². The number of hydrogen-bond acceptors (Lipinski definition) is 4. The number of aldehydes is 1. The number of rotatable bonds is 7. The van der Waals surface area contributed by atoms with Crippen molar-refractivity contribution in [1.29, 1.82) is 5.26 Å². The van der Waals surface area contributed by atoms with Crippen LogP contribution in [0.5, 0.6) is 0 Å². The second-order valence-electron chi connectivity index (χ2n) is 8.61. The molecule has 3 aromatic carbocycles. The van der Waals surface area contributed by atoms with E-state index in [1.807, 2.05) is 0 Å². The SMILES string of the molecule is CN(C(=O)c1cc(NCC2(C=O)C(c3cc(Cl)cc(Cl)c3)C2(Cl)Cl)ccc1F)c1ccc(C#N)cc1F. The van der Waals surface area contributed by atoms with Gasteiger partial charge in [-0.05, 0) is 60.2 Å². The zero-order valence-electron chi connectivity index (χ0n) is 19.0. The Morgan fingerprint density at radius 2 is 1.76 bits per heavy atom. The van der Waals surface area contributed by atoms with Crippen molar-refractivity contribution in [3.8, 4) is 6.07 Å². The van der Waals surface area contributed by atoms with Gasteiger partial charge in [-0.25, -0.2) is 8.78 Å². The van der Waals surface area contributed by atoms with Gasteiger partial charge in [0.2, 0.25) is 0 Å². The highest BCUT2D eigenvalue weighted by Crippen LogP contribution is 2.73. The molecule has 2 unspecified atom stereocenters. The van der Waals surface area contributed by atoms with E-state index in [2.05, 4.69) is 5.32 Å². The van der Waals surface area contributed by atoms with Crippen molar-refractivity contribution < 1.29 is 18.4 Å². The Morgan fingerprint density at radius 3 is 2.35 bits per heavy atom. The molecule has 4 rings (SSSR count). The normalized spacial score (nSPS) is 19.6. The lowest BCUT2D eigenvalue weighted by Crippen LogP contribution is -2.28. The van der Waals surface area contributed by atoms with E-state index in [-0.39, 0.29) is 23.4 Å². The molecule has 0 aromatic heterocycles. The Bertz CT molecular complexity index is 1440. The van der Waals surface area contributed by atoms with Crippen LogP contribution in [0.15, 0.2) is 54.6 Å². The van der Waals surface area contributed by atoms with Gasteiger partial charge in [0.25, 0.3) is 5.91 Å². The van der Waals surface area contributed by atoms with Crippen molar-refractivity contribution in [3.63, 3.8) is 0 Å². The molecule has 0 radical (unpaired) electrons. The van der Waals surface area contributed by atoms with Gasteiger partial charge in [0.05, 0.1) is 28.3 Å². The first kappa shape index (κ1) is 27.2. The Kier molecular flexibility index (Phi) is 7.42. The van der Waals surface area contributed by atoms with Gasteiger partial charge in [0.15, 0.2) is 0 Å². The van der Waals surface area contributed by atoms with Crippen LogP contribution in [0.4, 0.5) is 20.2 Å². The maximum atomic E-state index is 14.6. The lowest BCUT2D eigenvalue weighted by atomic mass is 10.00. The second kappa shape index (κ2) is 10.1. The molecule has 0 bridgehead atoms. The average Bonchev–Trinajstić information content (AvgIpc) is 3.36. The van der Waals surface area contributed by atoms with Crippen molar-refractivity contribution in [2.45, 2.75) is 10.3 Å². The third kappa shape index (κ3) is 4.87. The molecule has 190 valence electrons. The summed E-state index contributed by atoms with van der Waals surface area (Å²) < 4.78 is 27.6. The number of hydrogen-bond donors (Lipinski definition) is 1. The van der Waals surface area contributed by atoms with Crippen molar-refractivity contribution in [1.82, 2.24) is 0 Å². The largest absolute Gasteiger partial charge is 0.384 e. The fraction of sp³-hybridized carbons (Fsp3) is 0.192. The summed E-state index contributed by atoms with van der Waals surface area (Å²) in [4.78, 5) is 26.1. The van der Waals surface area contributed by atoms with Gasteiger partial charge in [-0.15, -0.1) is 0 Å². The van der Waals surface area contributed by atoms with Gasteiger partial charge in [0, 0.05) is 35.2 Å². The smallest absolute Gasteiger partial charge is 0.261 e. The van der Waals surface area contributed by atoms with Crippen molar-refractivity contribution in [2.24, 2.45) is 5.41 Å². The number of halogens is 6. The number of nitrogens with one attached hydrogen (secondary N) is 1. The third-order valence-electron chi connectivity index (χ3n) is 6.37. The minimum atomic E-state index is -1.47. The van der Waals surface area contributed by atoms with Gasteiger partial charge < -0.3 is 15.0 Å². The predicted molar refractivity (Wildman–Crippen MR) is 141 cm³/mol. The highest BCUT2D eigenvalue weighted by atomic mass is 35.5. The molecule has 0 aliphatic heterocycles. The number of carbonyl (C=O) groups excluding carboxylic acids is 2. The maximum absolute atomic E-state index is 14.6. The number of anilines is 2. The lowest BCUT2D eigenvalue weighted by molar-refractivity contribution is -0.112. The molecular weight excluding hydrogens is 566 g/mol. The molecule has 1 aliphatic carbocycles. The minimum Gasteiger partial charge on any atom is -0.384 e. The van der Waals surface area contributed by atoms with Crippen LogP contribution in [0.25, 0.3) is 0 Å². The van der Waals surface area contributed by atoms with Crippen LogP contribution in [-0.2, 0) is 4.79 Å². The van der Waals surface area contributed by atoms with Gasteiger partial charge in [-0.1, -0.05) is 46.4 Å². The number of alkyl halides is 2. The van der Waals surface area contributed by atoms with E-state index in [4.69, 9.17) is 51.7 Å². The van der Waals surface area contributed by atoms with E-state index < -0.39 is 33.2 Å². The Balaban J connectivity index is 1.57. The fourth-order valence-corrected chi connectivity index (χ4v) is 5.84. The summed E-state index contributed by atoms with van der Waals surface area (Å²) in [5, 5.41) is 12.6. The zero-order chi connectivity index (χ0) is 27.1. The molecule has 0 saturated heterocycles. The first-order chi connectivity index (χ1) is 17.4. The molecule has 0 heterocycles. The summed E-state index contributed by atoms with van der Waals surface area (Å²) >= 11 is 25.2. The molecule has 37 heavy (non-hydrogen) atoms. The first-order valence-electron chi connectivity index (χ1n) is 10.8. The Labute approximate surface area is 231 Å². The molecule has 5 nitrogen and oxygen atoms in total. The number of amides is 1. The number of carbonyl (C=O) groups is 2. The molecular formula is C26H17Cl4F2N3O2. The molecule has 0 spiro atoms. The molecule has 11 heteroatoms. The topological polar surface area (TPSA) is 73.2 Å². The molecule has 1 amide bonds. The summed E-state index contributed by atoms with van der Waals surface area (Å²) in [6, 6.07) is 13.9. The quantitative estimate of drug-likeness (QED) is 0.241. The van der Waals surface area contributed by atoms with E-state index >= 15 is 0 Å². The molecule has 1 saturated carbocycles. The monoisotopic (exact) mass is 581 g/mol. The summed E-state index contributed by atoms with van der Waals surface area (Å²) in [5.41, 5.74) is -0.761. The maximum Gasteiger partial charge on any atom is 0.261 e. The van der Waals surface area contributed by atoms with Crippen molar-refractivity contribution in [2.75, 3.05) is 23.8 Å². The number of benzene rings is 3. The van der Waals surface area contributed by atoms with Crippen LogP contribution in [0.1, 0.15) is 27.4 Å². The van der Waals surface area contributed by atoms with E-state index in [0.717, 1.165) is 17.0 Å². The second-order valence-corrected chi connectivity index (χ2v) is 10.9. The number of nitriles is 1. The summed E-state index contributed by atoms with van der Waals surface area (Å²) in [5.74, 6) is -3.09. The van der Waals surface area contributed by atoms with Gasteiger partial charge in [0.1, 0.15) is 22.3 Å². The highest BCUT2D eigenvalue weighted by molar-refractivity contribution is 6.54. The van der Waals surface area contributed by atoms with Crippen LogP contribution in [0.3, 0.4) is 0 Å². The Morgan fingerprint density at radius 1 is 1.08 bits per heavy atom. The van der Waals surface area contributed by atoms with Crippen LogP contribution in [0, 0.1) is 28.4 Å².